The monoisotopic (exact) mass is 512 g/mol. The van der Waals surface area contributed by atoms with Gasteiger partial charge in [0, 0.05) is 23.5 Å². The van der Waals surface area contributed by atoms with Gasteiger partial charge in [-0.2, -0.15) is 0 Å². The van der Waals surface area contributed by atoms with Crippen LogP contribution in [-0.4, -0.2) is 47.9 Å². The van der Waals surface area contributed by atoms with Crippen molar-refractivity contribution in [1.29, 1.82) is 0 Å². The normalized spacial score (nSPS) is 15.0. The van der Waals surface area contributed by atoms with Crippen molar-refractivity contribution in [2.45, 2.75) is 32.7 Å². The highest BCUT2D eigenvalue weighted by Gasteiger charge is 2.33. The molecule has 0 radical (unpaired) electrons. The molecule has 0 unspecified atom stereocenters. The number of amides is 2. The zero-order valence-corrected chi connectivity index (χ0v) is 21.3. The second-order valence-electron chi connectivity index (χ2n) is 9.34. The number of benzene rings is 2. The van der Waals surface area contributed by atoms with Crippen molar-refractivity contribution in [2.24, 2.45) is 5.92 Å². The summed E-state index contributed by atoms with van der Waals surface area (Å²) in [6.07, 6.45) is 1.45. The molecule has 1 aliphatic rings. The molecule has 1 aromatic heterocycles. The molecule has 0 saturated heterocycles. The van der Waals surface area contributed by atoms with Crippen LogP contribution in [0.2, 0.25) is 0 Å². The lowest BCUT2D eigenvalue weighted by Crippen LogP contribution is -2.48. The second kappa shape index (κ2) is 11.6. The van der Waals surface area contributed by atoms with E-state index in [1.807, 2.05) is 11.4 Å². The zero-order chi connectivity index (χ0) is 25.7. The van der Waals surface area contributed by atoms with E-state index >= 15 is 0 Å². The van der Waals surface area contributed by atoms with Crippen LogP contribution in [0.4, 0.5) is 8.78 Å². The minimum atomic E-state index is -0.491. The summed E-state index contributed by atoms with van der Waals surface area (Å²) in [5.74, 6) is -0.533. The van der Waals surface area contributed by atoms with Gasteiger partial charge in [0.15, 0.2) is 0 Å². The minimum absolute atomic E-state index is 0.103. The van der Waals surface area contributed by atoms with Gasteiger partial charge in [0.25, 0.3) is 5.91 Å². The Kier molecular flexibility index (Phi) is 8.36. The molecular formula is C28H30F2N2O3S. The van der Waals surface area contributed by atoms with Gasteiger partial charge in [0.05, 0.1) is 6.04 Å². The van der Waals surface area contributed by atoms with Crippen LogP contribution in [0.25, 0.3) is 0 Å². The number of rotatable bonds is 9. The topological polar surface area (TPSA) is 49.9 Å². The van der Waals surface area contributed by atoms with Gasteiger partial charge in [-0.05, 0) is 78.2 Å². The lowest BCUT2D eigenvalue weighted by molar-refractivity contribution is -0.135. The van der Waals surface area contributed by atoms with E-state index in [-0.39, 0.29) is 42.4 Å². The van der Waals surface area contributed by atoms with Crippen LogP contribution >= 0.6 is 11.3 Å². The Morgan fingerprint density at radius 2 is 1.89 bits per heavy atom. The number of carbonyl (C=O) groups is 2. The van der Waals surface area contributed by atoms with Crippen molar-refractivity contribution in [3.05, 3.63) is 87.6 Å². The van der Waals surface area contributed by atoms with Gasteiger partial charge in [-0.1, -0.05) is 19.9 Å². The third kappa shape index (κ3) is 6.29. The molecule has 2 aromatic carbocycles. The van der Waals surface area contributed by atoms with Gasteiger partial charge < -0.3 is 14.5 Å². The number of nitrogens with zero attached hydrogens (tertiary/aromatic N) is 2. The fourth-order valence-corrected chi connectivity index (χ4v) is 5.23. The van der Waals surface area contributed by atoms with E-state index in [1.165, 1.54) is 40.1 Å². The summed E-state index contributed by atoms with van der Waals surface area (Å²) in [6, 6.07) is 13.0. The maximum atomic E-state index is 13.8. The minimum Gasteiger partial charge on any atom is -0.491 e. The Morgan fingerprint density at radius 1 is 1.11 bits per heavy atom. The largest absolute Gasteiger partial charge is 0.491 e. The van der Waals surface area contributed by atoms with E-state index in [0.29, 0.717) is 24.8 Å². The molecule has 1 aliphatic heterocycles. The molecule has 0 saturated carbocycles. The number of halogens is 2. The standard InChI is InChI=1S/C28H30F2N2O3S/c1-19(2)10-13-31(28(34)20-4-3-5-22(30)16-20)17-27(33)32-14-11-26-24(12-15-36-26)25(32)18-35-23-8-6-21(29)7-9-23/h3-9,12,15-16,19,25H,10-11,13-14,17-18H2,1-2H3/t25-/m1/s1. The molecular weight excluding hydrogens is 482 g/mol. The second-order valence-corrected chi connectivity index (χ2v) is 10.3. The van der Waals surface area contributed by atoms with E-state index in [9.17, 15) is 18.4 Å². The fraction of sp³-hybridized carbons (Fsp3) is 0.357. The highest BCUT2D eigenvalue weighted by atomic mass is 32.1. The molecule has 3 aromatic rings. The Morgan fingerprint density at radius 3 is 2.61 bits per heavy atom. The molecule has 0 spiro atoms. The van der Waals surface area contributed by atoms with Crippen LogP contribution in [0.1, 0.15) is 47.1 Å². The molecule has 0 bridgehead atoms. The molecule has 190 valence electrons. The van der Waals surface area contributed by atoms with E-state index in [1.54, 1.807) is 34.4 Å². The Balaban J connectivity index is 1.53. The van der Waals surface area contributed by atoms with Gasteiger partial charge >= 0.3 is 0 Å². The van der Waals surface area contributed by atoms with Crippen molar-refractivity contribution < 1.29 is 23.1 Å². The van der Waals surface area contributed by atoms with Gasteiger partial charge in [-0.25, -0.2) is 8.78 Å². The molecule has 8 heteroatoms. The lowest BCUT2D eigenvalue weighted by atomic mass is 10.00. The fourth-order valence-electron chi connectivity index (χ4n) is 4.31. The lowest BCUT2D eigenvalue weighted by Gasteiger charge is -2.37. The number of ether oxygens (including phenoxy) is 1. The Hall–Kier alpha value is -3.26. The first-order valence-corrected chi connectivity index (χ1v) is 13.0. The molecule has 36 heavy (non-hydrogen) atoms. The van der Waals surface area contributed by atoms with Gasteiger partial charge in [-0.3, -0.25) is 9.59 Å². The first-order chi connectivity index (χ1) is 17.3. The Bertz CT molecular complexity index is 1200. The third-order valence-corrected chi connectivity index (χ3v) is 7.29. The van der Waals surface area contributed by atoms with Gasteiger partial charge in [0.2, 0.25) is 5.91 Å². The van der Waals surface area contributed by atoms with Crippen molar-refractivity contribution in [2.75, 3.05) is 26.2 Å². The number of fused-ring (bicyclic) bond motifs is 1. The molecule has 0 fully saturated rings. The smallest absolute Gasteiger partial charge is 0.254 e. The van der Waals surface area contributed by atoms with Crippen LogP contribution in [0, 0.1) is 17.6 Å². The summed E-state index contributed by atoms with van der Waals surface area (Å²) < 4.78 is 33.0. The van der Waals surface area contributed by atoms with Gasteiger partial charge in [0.1, 0.15) is 30.5 Å². The van der Waals surface area contributed by atoms with E-state index < -0.39 is 5.82 Å². The van der Waals surface area contributed by atoms with Crippen LogP contribution in [-0.2, 0) is 11.2 Å². The number of carbonyl (C=O) groups excluding carboxylic acids is 2. The predicted octanol–water partition coefficient (Wildman–Crippen LogP) is 5.72. The number of hydrogen-bond donors (Lipinski definition) is 0. The highest BCUT2D eigenvalue weighted by molar-refractivity contribution is 7.10. The first kappa shape index (κ1) is 25.8. The summed E-state index contributed by atoms with van der Waals surface area (Å²) in [5.41, 5.74) is 1.26. The molecule has 5 nitrogen and oxygen atoms in total. The van der Waals surface area contributed by atoms with Crippen molar-refractivity contribution in [3.63, 3.8) is 0 Å². The maximum absolute atomic E-state index is 13.8. The maximum Gasteiger partial charge on any atom is 0.254 e. The van der Waals surface area contributed by atoms with Gasteiger partial charge in [-0.15, -0.1) is 11.3 Å². The predicted molar refractivity (Wildman–Crippen MR) is 136 cm³/mol. The molecule has 1 atom stereocenters. The molecule has 2 amide bonds. The molecule has 0 N–H and O–H groups in total. The number of thiophene rings is 1. The van der Waals surface area contributed by atoms with Crippen LogP contribution in [0.5, 0.6) is 5.75 Å². The molecule has 4 rings (SSSR count). The summed E-state index contributed by atoms with van der Waals surface area (Å²) in [7, 11) is 0. The van der Waals surface area contributed by atoms with Crippen LogP contribution in [0.3, 0.4) is 0 Å². The average Bonchev–Trinajstić information content (AvgIpc) is 3.34. The molecule has 0 aliphatic carbocycles. The van der Waals surface area contributed by atoms with Crippen molar-refractivity contribution in [3.8, 4) is 5.75 Å². The highest BCUT2D eigenvalue weighted by Crippen LogP contribution is 2.34. The van der Waals surface area contributed by atoms with Crippen LogP contribution in [0.15, 0.2) is 60.0 Å². The SMILES string of the molecule is CC(C)CCN(CC(=O)N1CCc2sccc2[C@H]1COc1ccc(F)cc1)C(=O)c1cccc(F)c1. The third-order valence-electron chi connectivity index (χ3n) is 6.30. The quantitative estimate of drug-likeness (QED) is 0.369. The molecule has 2 heterocycles. The van der Waals surface area contributed by atoms with Crippen molar-refractivity contribution in [1.82, 2.24) is 9.80 Å². The van der Waals surface area contributed by atoms with Crippen LogP contribution < -0.4 is 4.74 Å². The summed E-state index contributed by atoms with van der Waals surface area (Å²) >= 11 is 1.65. The summed E-state index contributed by atoms with van der Waals surface area (Å²) in [6.45, 7) is 5.12. The average molecular weight is 513 g/mol. The van der Waals surface area contributed by atoms with E-state index in [0.717, 1.165) is 18.4 Å². The first-order valence-electron chi connectivity index (χ1n) is 12.1. The summed E-state index contributed by atoms with van der Waals surface area (Å²) in [4.78, 5) is 31.3. The number of hydrogen-bond acceptors (Lipinski definition) is 4. The van der Waals surface area contributed by atoms with E-state index in [4.69, 9.17) is 4.74 Å². The van der Waals surface area contributed by atoms with E-state index in [2.05, 4.69) is 13.8 Å². The van der Waals surface area contributed by atoms with Crippen molar-refractivity contribution >= 4 is 23.2 Å². The zero-order valence-electron chi connectivity index (χ0n) is 20.5. The summed E-state index contributed by atoms with van der Waals surface area (Å²) in [5, 5.41) is 2.01. The Labute approximate surface area is 214 Å².